The number of aromatic carboxylic acids is 1. The SMILES string of the molecule is CC=CC=CC(=O)NCCc1cccc(C(=O)O)c1. The first-order valence-corrected chi connectivity index (χ1v) is 6.03. The molecule has 0 aliphatic carbocycles. The van der Waals surface area contributed by atoms with Gasteiger partial charge in [-0.1, -0.05) is 30.4 Å². The highest BCUT2D eigenvalue weighted by Crippen LogP contribution is 2.05. The van der Waals surface area contributed by atoms with Crippen molar-refractivity contribution in [3.05, 3.63) is 59.7 Å². The first-order chi connectivity index (χ1) is 9.13. The summed E-state index contributed by atoms with van der Waals surface area (Å²) in [5.74, 6) is -1.10. The maximum Gasteiger partial charge on any atom is 0.335 e. The molecule has 0 spiro atoms. The van der Waals surface area contributed by atoms with Crippen LogP contribution < -0.4 is 5.32 Å². The van der Waals surface area contributed by atoms with Crippen LogP contribution in [-0.2, 0) is 11.2 Å². The molecule has 2 N–H and O–H groups in total. The monoisotopic (exact) mass is 259 g/mol. The number of carbonyl (C=O) groups is 2. The topological polar surface area (TPSA) is 66.4 Å². The van der Waals surface area contributed by atoms with Crippen LogP contribution >= 0.6 is 0 Å². The van der Waals surface area contributed by atoms with Crippen LogP contribution in [0, 0.1) is 0 Å². The summed E-state index contributed by atoms with van der Waals surface area (Å²) >= 11 is 0. The number of hydrogen-bond donors (Lipinski definition) is 2. The zero-order valence-electron chi connectivity index (χ0n) is 10.8. The Kier molecular flexibility index (Phi) is 6.09. The van der Waals surface area contributed by atoms with Crippen molar-refractivity contribution in [1.82, 2.24) is 5.32 Å². The van der Waals surface area contributed by atoms with Gasteiger partial charge < -0.3 is 10.4 Å². The second-order valence-electron chi connectivity index (χ2n) is 3.93. The number of benzene rings is 1. The summed E-state index contributed by atoms with van der Waals surface area (Å²) in [4.78, 5) is 22.2. The van der Waals surface area contributed by atoms with E-state index in [1.165, 1.54) is 6.08 Å². The van der Waals surface area contributed by atoms with Crippen molar-refractivity contribution in [2.45, 2.75) is 13.3 Å². The van der Waals surface area contributed by atoms with E-state index in [1.807, 2.05) is 19.1 Å². The van der Waals surface area contributed by atoms with E-state index in [0.29, 0.717) is 13.0 Å². The molecule has 1 aromatic rings. The number of carboxylic acid groups (broad SMARTS) is 1. The highest BCUT2D eigenvalue weighted by Gasteiger charge is 2.03. The number of rotatable bonds is 6. The molecule has 4 nitrogen and oxygen atoms in total. The van der Waals surface area contributed by atoms with Crippen LogP contribution in [0.15, 0.2) is 48.6 Å². The summed E-state index contributed by atoms with van der Waals surface area (Å²) in [5, 5.41) is 11.6. The molecule has 0 aliphatic heterocycles. The zero-order valence-corrected chi connectivity index (χ0v) is 10.8. The van der Waals surface area contributed by atoms with Gasteiger partial charge >= 0.3 is 5.97 Å². The molecular formula is C15H17NO3. The Hall–Kier alpha value is -2.36. The molecule has 0 bridgehead atoms. The van der Waals surface area contributed by atoms with Crippen molar-refractivity contribution >= 4 is 11.9 Å². The van der Waals surface area contributed by atoms with Crippen molar-refractivity contribution in [2.75, 3.05) is 6.54 Å². The summed E-state index contributed by atoms with van der Waals surface area (Å²) in [6.07, 6.45) is 7.33. The predicted octanol–water partition coefficient (Wildman–Crippen LogP) is 2.18. The predicted molar refractivity (Wildman–Crippen MR) is 74.1 cm³/mol. The second-order valence-corrected chi connectivity index (χ2v) is 3.93. The van der Waals surface area contributed by atoms with Gasteiger partial charge in [0, 0.05) is 12.6 Å². The summed E-state index contributed by atoms with van der Waals surface area (Å²) in [6.45, 7) is 2.35. The van der Waals surface area contributed by atoms with E-state index in [-0.39, 0.29) is 11.5 Å². The summed E-state index contributed by atoms with van der Waals surface area (Å²) in [6, 6.07) is 6.70. The van der Waals surface area contributed by atoms with Crippen molar-refractivity contribution in [1.29, 1.82) is 0 Å². The molecule has 0 aliphatic rings. The lowest BCUT2D eigenvalue weighted by molar-refractivity contribution is -0.116. The van der Waals surface area contributed by atoms with Crippen molar-refractivity contribution in [3.63, 3.8) is 0 Å². The lowest BCUT2D eigenvalue weighted by Gasteiger charge is -2.03. The average molecular weight is 259 g/mol. The van der Waals surface area contributed by atoms with Gasteiger partial charge in [0.05, 0.1) is 5.56 Å². The van der Waals surface area contributed by atoms with Crippen molar-refractivity contribution in [2.24, 2.45) is 0 Å². The van der Waals surface area contributed by atoms with Crippen LogP contribution in [0.25, 0.3) is 0 Å². The number of hydrogen-bond acceptors (Lipinski definition) is 2. The fourth-order valence-corrected chi connectivity index (χ4v) is 1.50. The molecule has 4 heteroatoms. The Morgan fingerprint density at radius 3 is 2.79 bits per heavy atom. The zero-order chi connectivity index (χ0) is 14.1. The molecule has 0 radical (unpaired) electrons. The number of carbonyl (C=O) groups excluding carboxylic acids is 1. The molecule has 1 aromatic carbocycles. The standard InChI is InChI=1S/C15H17NO3/c1-2-3-4-8-14(17)16-10-9-12-6-5-7-13(11-12)15(18)19/h2-8,11H,9-10H2,1H3,(H,16,17)(H,18,19). The molecule has 100 valence electrons. The molecule has 0 aromatic heterocycles. The smallest absolute Gasteiger partial charge is 0.335 e. The third kappa shape index (κ3) is 5.68. The third-order valence-electron chi connectivity index (χ3n) is 2.44. The Morgan fingerprint density at radius 2 is 2.11 bits per heavy atom. The minimum absolute atomic E-state index is 0.160. The van der Waals surface area contributed by atoms with E-state index < -0.39 is 5.97 Å². The van der Waals surface area contributed by atoms with E-state index in [4.69, 9.17) is 5.11 Å². The van der Waals surface area contributed by atoms with Crippen LogP contribution in [0.1, 0.15) is 22.8 Å². The first kappa shape index (κ1) is 14.7. The van der Waals surface area contributed by atoms with Gasteiger partial charge in [-0.3, -0.25) is 4.79 Å². The lowest BCUT2D eigenvalue weighted by atomic mass is 10.1. The van der Waals surface area contributed by atoms with Crippen LogP contribution in [0.5, 0.6) is 0 Å². The molecule has 19 heavy (non-hydrogen) atoms. The Balaban J connectivity index is 2.43. The van der Waals surface area contributed by atoms with E-state index >= 15 is 0 Å². The minimum Gasteiger partial charge on any atom is -0.478 e. The van der Waals surface area contributed by atoms with Crippen LogP contribution in [-0.4, -0.2) is 23.5 Å². The number of allylic oxidation sites excluding steroid dienone is 3. The van der Waals surface area contributed by atoms with Gasteiger partial charge in [0.2, 0.25) is 5.91 Å². The van der Waals surface area contributed by atoms with Crippen LogP contribution in [0.4, 0.5) is 0 Å². The number of nitrogens with one attached hydrogen (secondary N) is 1. The quantitative estimate of drug-likeness (QED) is 0.608. The molecule has 1 rings (SSSR count). The largest absolute Gasteiger partial charge is 0.478 e. The fraction of sp³-hybridized carbons (Fsp3) is 0.200. The minimum atomic E-state index is -0.944. The maximum absolute atomic E-state index is 11.4. The number of amides is 1. The third-order valence-corrected chi connectivity index (χ3v) is 2.44. The second kappa shape index (κ2) is 7.87. The summed E-state index contributed by atoms with van der Waals surface area (Å²) in [5.41, 5.74) is 1.15. The molecular weight excluding hydrogens is 242 g/mol. The van der Waals surface area contributed by atoms with Gasteiger partial charge in [0.15, 0.2) is 0 Å². The van der Waals surface area contributed by atoms with Gasteiger partial charge in [0.25, 0.3) is 0 Å². The average Bonchev–Trinajstić information content (AvgIpc) is 2.39. The molecule has 1 amide bonds. The molecule has 0 saturated carbocycles. The lowest BCUT2D eigenvalue weighted by Crippen LogP contribution is -2.23. The van der Waals surface area contributed by atoms with E-state index in [2.05, 4.69) is 5.32 Å². The summed E-state index contributed by atoms with van der Waals surface area (Å²) in [7, 11) is 0. The van der Waals surface area contributed by atoms with Gasteiger partial charge in [-0.15, -0.1) is 0 Å². The van der Waals surface area contributed by atoms with E-state index in [0.717, 1.165) is 5.56 Å². The van der Waals surface area contributed by atoms with Crippen LogP contribution in [0.2, 0.25) is 0 Å². The van der Waals surface area contributed by atoms with Gasteiger partial charge in [-0.25, -0.2) is 4.79 Å². The van der Waals surface area contributed by atoms with Gasteiger partial charge in [-0.2, -0.15) is 0 Å². The Labute approximate surface area is 112 Å². The number of carboxylic acids is 1. The highest BCUT2D eigenvalue weighted by molar-refractivity contribution is 5.88. The molecule has 0 heterocycles. The first-order valence-electron chi connectivity index (χ1n) is 6.03. The van der Waals surface area contributed by atoms with Gasteiger partial charge in [0.1, 0.15) is 0 Å². The molecule has 0 fully saturated rings. The highest BCUT2D eigenvalue weighted by atomic mass is 16.4. The molecule has 0 atom stereocenters. The normalized spacial score (nSPS) is 11.0. The van der Waals surface area contributed by atoms with E-state index in [1.54, 1.807) is 30.4 Å². The van der Waals surface area contributed by atoms with Gasteiger partial charge in [-0.05, 0) is 31.0 Å². The molecule has 0 unspecified atom stereocenters. The Bertz CT molecular complexity index is 504. The van der Waals surface area contributed by atoms with E-state index in [9.17, 15) is 9.59 Å². The summed E-state index contributed by atoms with van der Waals surface area (Å²) < 4.78 is 0. The molecule has 0 saturated heterocycles. The fourth-order valence-electron chi connectivity index (χ4n) is 1.50. The van der Waals surface area contributed by atoms with Crippen molar-refractivity contribution in [3.8, 4) is 0 Å². The van der Waals surface area contributed by atoms with Crippen molar-refractivity contribution < 1.29 is 14.7 Å². The Morgan fingerprint density at radius 1 is 1.32 bits per heavy atom. The maximum atomic E-state index is 11.4. The van der Waals surface area contributed by atoms with Crippen LogP contribution in [0.3, 0.4) is 0 Å².